The number of ether oxygens (including phenoxy) is 3. The van der Waals surface area contributed by atoms with Crippen molar-refractivity contribution in [3.05, 3.63) is 53.6 Å². The molecule has 8 heteroatoms. The van der Waals surface area contributed by atoms with Crippen LogP contribution >= 0.6 is 0 Å². The maximum absolute atomic E-state index is 13.6. The largest absolute Gasteiger partial charge is 0.497 e. The van der Waals surface area contributed by atoms with Crippen molar-refractivity contribution in [1.82, 2.24) is 0 Å². The van der Waals surface area contributed by atoms with Gasteiger partial charge < -0.3 is 19.5 Å². The molecule has 6 nitrogen and oxygen atoms in total. The topological polar surface area (TPSA) is 73.9 Å². The predicted octanol–water partition coefficient (Wildman–Crippen LogP) is 3.49. The molecule has 2 aromatic rings. The normalized spacial score (nSPS) is 11.5. The zero-order valence-corrected chi connectivity index (χ0v) is 15.8. The summed E-state index contributed by atoms with van der Waals surface area (Å²) in [7, 11) is 3.04. The molecule has 0 aliphatic rings. The number of aryl methyl sites for hydroxylation is 1. The summed E-state index contributed by atoms with van der Waals surface area (Å²) in [4.78, 5) is 24.1. The summed E-state index contributed by atoms with van der Waals surface area (Å²) < 4.78 is 42.5. The standard InChI is InChI=1S/C20H21F2NO5/c1-12(20(25)23-19-16(21)5-4-6-17(19)22)28-18(24)8-7-13-9-14(26-2)11-15(10-13)27-3/h4-6,9-12H,7-8H2,1-3H3,(H,23,25)/t12-/m0/s1. The lowest BCUT2D eigenvalue weighted by Crippen LogP contribution is -2.30. The first-order valence-corrected chi connectivity index (χ1v) is 8.50. The number of esters is 1. The van der Waals surface area contributed by atoms with Crippen LogP contribution < -0.4 is 14.8 Å². The van der Waals surface area contributed by atoms with Gasteiger partial charge in [0.25, 0.3) is 5.91 Å². The SMILES string of the molecule is COc1cc(CCC(=O)O[C@@H](C)C(=O)Nc2c(F)cccc2F)cc(OC)c1. The molecule has 0 fully saturated rings. The molecule has 1 N–H and O–H groups in total. The first kappa shape index (κ1) is 21.1. The van der Waals surface area contributed by atoms with Crippen LogP contribution in [0.3, 0.4) is 0 Å². The van der Waals surface area contributed by atoms with Gasteiger partial charge in [0.1, 0.15) is 28.8 Å². The van der Waals surface area contributed by atoms with Gasteiger partial charge in [0.15, 0.2) is 6.10 Å². The van der Waals surface area contributed by atoms with Gasteiger partial charge in [0, 0.05) is 12.5 Å². The van der Waals surface area contributed by atoms with E-state index in [9.17, 15) is 18.4 Å². The third-order valence-electron chi connectivity index (χ3n) is 3.92. The second kappa shape index (κ2) is 9.68. The van der Waals surface area contributed by atoms with Crippen LogP contribution in [0.25, 0.3) is 0 Å². The molecule has 2 rings (SSSR count). The van der Waals surface area contributed by atoms with Crippen LogP contribution in [0, 0.1) is 11.6 Å². The molecule has 28 heavy (non-hydrogen) atoms. The quantitative estimate of drug-likeness (QED) is 0.695. The molecule has 0 saturated heterocycles. The third-order valence-corrected chi connectivity index (χ3v) is 3.92. The fourth-order valence-electron chi connectivity index (χ4n) is 2.41. The number of halogens is 2. The monoisotopic (exact) mass is 393 g/mol. The first-order valence-electron chi connectivity index (χ1n) is 8.50. The molecular formula is C20H21F2NO5. The molecule has 0 aliphatic heterocycles. The first-order chi connectivity index (χ1) is 13.3. The summed E-state index contributed by atoms with van der Waals surface area (Å²) in [5, 5.41) is 2.09. The molecule has 1 atom stereocenters. The lowest BCUT2D eigenvalue weighted by Gasteiger charge is -2.14. The lowest BCUT2D eigenvalue weighted by molar-refractivity contribution is -0.153. The highest BCUT2D eigenvalue weighted by atomic mass is 19.1. The summed E-state index contributed by atoms with van der Waals surface area (Å²) in [6.45, 7) is 1.32. The predicted molar refractivity (Wildman–Crippen MR) is 98.4 cm³/mol. The van der Waals surface area contributed by atoms with E-state index in [-0.39, 0.29) is 6.42 Å². The Morgan fingerprint density at radius 1 is 1.04 bits per heavy atom. The molecule has 0 aliphatic carbocycles. The van der Waals surface area contributed by atoms with Gasteiger partial charge >= 0.3 is 5.97 Å². The number of carbonyl (C=O) groups is 2. The van der Waals surface area contributed by atoms with Crippen LogP contribution in [-0.2, 0) is 20.7 Å². The number of methoxy groups -OCH3 is 2. The molecule has 0 bridgehead atoms. The van der Waals surface area contributed by atoms with Crippen LogP contribution in [0.5, 0.6) is 11.5 Å². The van der Waals surface area contributed by atoms with Gasteiger partial charge in [-0.05, 0) is 43.2 Å². The molecule has 0 spiro atoms. The van der Waals surface area contributed by atoms with E-state index in [1.54, 1.807) is 18.2 Å². The second-order valence-electron chi connectivity index (χ2n) is 5.94. The third kappa shape index (κ3) is 5.67. The lowest BCUT2D eigenvalue weighted by atomic mass is 10.1. The fourth-order valence-corrected chi connectivity index (χ4v) is 2.41. The molecule has 150 valence electrons. The Kier molecular flexibility index (Phi) is 7.31. The molecule has 0 radical (unpaired) electrons. The number of benzene rings is 2. The van der Waals surface area contributed by atoms with Crippen LogP contribution in [0.2, 0.25) is 0 Å². The Morgan fingerprint density at radius 2 is 1.61 bits per heavy atom. The van der Waals surface area contributed by atoms with Gasteiger partial charge in [-0.1, -0.05) is 6.07 Å². The molecule has 0 saturated carbocycles. The highest BCUT2D eigenvalue weighted by molar-refractivity contribution is 5.95. The van der Waals surface area contributed by atoms with Crippen LogP contribution in [0.4, 0.5) is 14.5 Å². The van der Waals surface area contributed by atoms with Gasteiger partial charge in [-0.3, -0.25) is 9.59 Å². The summed E-state index contributed by atoms with van der Waals surface area (Å²) in [5.74, 6) is -2.12. The summed E-state index contributed by atoms with van der Waals surface area (Å²) >= 11 is 0. The molecule has 1 amide bonds. The van der Waals surface area contributed by atoms with Crippen LogP contribution in [0.1, 0.15) is 18.9 Å². The maximum Gasteiger partial charge on any atom is 0.306 e. The van der Waals surface area contributed by atoms with E-state index >= 15 is 0 Å². The molecular weight excluding hydrogens is 372 g/mol. The summed E-state index contributed by atoms with van der Waals surface area (Å²) in [6, 6.07) is 8.42. The Bertz CT molecular complexity index is 814. The number of nitrogens with one attached hydrogen (secondary N) is 1. The number of hydrogen-bond acceptors (Lipinski definition) is 5. The van der Waals surface area contributed by atoms with Crippen LogP contribution in [0.15, 0.2) is 36.4 Å². The number of anilines is 1. The minimum absolute atomic E-state index is 0.00199. The average molecular weight is 393 g/mol. The number of para-hydroxylation sites is 1. The van der Waals surface area contributed by atoms with Gasteiger partial charge in [0.2, 0.25) is 0 Å². The Morgan fingerprint density at radius 3 is 2.14 bits per heavy atom. The number of amides is 1. The molecule has 0 heterocycles. The van der Waals surface area contributed by atoms with Crippen molar-refractivity contribution in [2.24, 2.45) is 0 Å². The van der Waals surface area contributed by atoms with E-state index in [4.69, 9.17) is 14.2 Å². The smallest absolute Gasteiger partial charge is 0.306 e. The highest BCUT2D eigenvalue weighted by Gasteiger charge is 2.20. The van der Waals surface area contributed by atoms with Gasteiger partial charge in [-0.15, -0.1) is 0 Å². The van der Waals surface area contributed by atoms with Crippen molar-refractivity contribution in [2.45, 2.75) is 25.9 Å². The van der Waals surface area contributed by atoms with Crippen molar-refractivity contribution in [2.75, 3.05) is 19.5 Å². The molecule has 0 unspecified atom stereocenters. The zero-order valence-electron chi connectivity index (χ0n) is 15.8. The minimum atomic E-state index is -1.22. The maximum atomic E-state index is 13.6. The number of hydrogen-bond donors (Lipinski definition) is 1. The summed E-state index contributed by atoms with van der Waals surface area (Å²) in [5.41, 5.74) is 0.206. The van der Waals surface area contributed by atoms with Crippen molar-refractivity contribution in [3.63, 3.8) is 0 Å². The average Bonchev–Trinajstić information content (AvgIpc) is 2.68. The van der Waals surface area contributed by atoms with E-state index < -0.39 is 35.3 Å². The van der Waals surface area contributed by atoms with Crippen LogP contribution in [-0.4, -0.2) is 32.2 Å². The van der Waals surface area contributed by atoms with E-state index in [1.165, 1.54) is 27.2 Å². The van der Waals surface area contributed by atoms with Gasteiger partial charge in [-0.2, -0.15) is 0 Å². The van der Waals surface area contributed by atoms with Crippen molar-refractivity contribution >= 4 is 17.6 Å². The number of carbonyl (C=O) groups excluding carboxylic acids is 2. The Balaban J connectivity index is 1.91. The van der Waals surface area contributed by atoms with E-state index in [2.05, 4.69) is 5.32 Å². The number of rotatable bonds is 8. The van der Waals surface area contributed by atoms with E-state index in [1.807, 2.05) is 0 Å². The van der Waals surface area contributed by atoms with Crippen molar-refractivity contribution < 1.29 is 32.6 Å². The van der Waals surface area contributed by atoms with Gasteiger partial charge in [0.05, 0.1) is 14.2 Å². The highest BCUT2D eigenvalue weighted by Crippen LogP contribution is 2.23. The zero-order chi connectivity index (χ0) is 20.7. The van der Waals surface area contributed by atoms with Crippen molar-refractivity contribution in [1.29, 1.82) is 0 Å². The fraction of sp³-hybridized carbons (Fsp3) is 0.300. The van der Waals surface area contributed by atoms with Crippen molar-refractivity contribution in [3.8, 4) is 11.5 Å². The van der Waals surface area contributed by atoms with Gasteiger partial charge in [-0.25, -0.2) is 8.78 Å². The Hall–Kier alpha value is -3.16. The molecule has 0 aromatic heterocycles. The summed E-state index contributed by atoms with van der Waals surface area (Å²) in [6.07, 6.45) is -0.878. The minimum Gasteiger partial charge on any atom is -0.497 e. The Labute approximate surface area is 161 Å². The van der Waals surface area contributed by atoms with E-state index in [0.717, 1.165) is 17.7 Å². The van der Waals surface area contributed by atoms with E-state index in [0.29, 0.717) is 17.9 Å². The molecule has 2 aromatic carbocycles. The second-order valence-corrected chi connectivity index (χ2v) is 5.94.